The van der Waals surface area contributed by atoms with E-state index in [4.69, 9.17) is 5.11 Å². The summed E-state index contributed by atoms with van der Waals surface area (Å²) in [6.45, 7) is 0.573. The molecule has 80 valence electrons. The first-order chi connectivity index (χ1) is 6.68. The number of carboxylic acids is 1. The van der Waals surface area contributed by atoms with Gasteiger partial charge < -0.3 is 10.4 Å². The van der Waals surface area contributed by atoms with Crippen LogP contribution in [-0.4, -0.2) is 39.4 Å². The van der Waals surface area contributed by atoms with E-state index >= 15 is 0 Å². The average molecular weight is 217 g/mol. The number of aliphatic carboxylic acids is 1. The number of carbonyl (C=O) groups is 1. The lowest BCUT2D eigenvalue weighted by Crippen LogP contribution is -2.35. The zero-order chi connectivity index (χ0) is 10.4. The smallest absolute Gasteiger partial charge is 0.328 e. The molecule has 0 amide bonds. The highest BCUT2D eigenvalue weighted by Crippen LogP contribution is 2.08. The normalized spacial score (nSPS) is 28.0. The molecule has 1 saturated heterocycles. The van der Waals surface area contributed by atoms with Crippen molar-refractivity contribution in [1.29, 1.82) is 0 Å². The molecule has 1 heterocycles. The molecule has 0 aliphatic carbocycles. The molecular weight excluding hydrogens is 202 g/mol. The van der Waals surface area contributed by atoms with E-state index in [1.807, 2.05) is 0 Å². The van der Waals surface area contributed by atoms with Crippen LogP contribution in [0, 0.1) is 0 Å². The predicted molar refractivity (Wildman–Crippen MR) is 55.7 cm³/mol. The number of hydrogen-bond donors (Lipinski definition) is 2. The molecule has 14 heavy (non-hydrogen) atoms. The van der Waals surface area contributed by atoms with Gasteiger partial charge in [-0.25, -0.2) is 4.79 Å². The Balaban J connectivity index is 2.13. The standard InChI is InChI=1S/C9H15NO3S/c11-9(12)2-1-5-10-8-3-6-14(13)7-4-8/h1-2,8,10H,3-7H2,(H,11,12)/b2-1+. The average Bonchev–Trinajstić information content (AvgIpc) is 2.15. The van der Waals surface area contributed by atoms with Crippen molar-refractivity contribution in [2.75, 3.05) is 18.1 Å². The summed E-state index contributed by atoms with van der Waals surface area (Å²) in [7, 11) is -0.628. The lowest BCUT2D eigenvalue weighted by molar-refractivity contribution is -0.131. The Labute approximate surface area is 85.8 Å². The van der Waals surface area contributed by atoms with Crippen LogP contribution in [0.25, 0.3) is 0 Å². The van der Waals surface area contributed by atoms with Crippen molar-refractivity contribution in [1.82, 2.24) is 5.32 Å². The summed E-state index contributed by atoms with van der Waals surface area (Å²) in [5, 5.41) is 11.5. The van der Waals surface area contributed by atoms with Crippen LogP contribution in [0.5, 0.6) is 0 Å². The summed E-state index contributed by atoms with van der Waals surface area (Å²) < 4.78 is 11.0. The van der Waals surface area contributed by atoms with Crippen LogP contribution in [0.1, 0.15) is 12.8 Å². The van der Waals surface area contributed by atoms with Gasteiger partial charge in [-0.1, -0.05) is 6.08 Å². The minimum absolute atomic E-state index is 0.395. The maximum atomic E-state index is 11.0. The zero-order valence-electron chi connectivity index (χ0n) is 7.94. The summed E-state index contributed by atoms with van der Waals surface area (Å²) in [5.41, 5.74) is 0. The topological polar surface area (TPSA) is 66.4 Å². The van der Waals surface area contributed by atoms with E-state index in [1.165, 1.54) is 0 Å². The summed E-state index contributed by atoms with van der Waals surface area (Å²) in [5.74, 6) is 0.609. The molecular formula is C9H15NO3S. The quantitative estimate of drug-likeness (QED) is 0.657. The fourth-order valence-corrected chi connectivity index (χ4v) is 2.69. The van der Waals surface area contributed by atoms with Gasteiger partial charge in [0.25, 0.3) is 0 Å². The first-order valence-electron chi connectivity index (χ1n) is 4.66. The molecule has 0 aromatic carbocycles. The third-order valence-electron chi connectivity index (χ3n) is 2.17. The molecule has 0 spiro atoms. The van der Waals surface area contributed by atoms with Crippen LogP contribution in [-0.2, 0) is 15.6 Å². The minimum atomic E-state index is -0.920. The van der Waals surface area contributed by atoms with Crippen molar-refractivity contribution in [3.05, 3.63) is 12.2 Å². The second kappa shape index (κ2) is 5.93. The Morgan fingerprint density at radius 3 is 2.71 bits per heavy atom. The van der Waals surface area contributed by atoms with Gasteiger partial charge >= 0.3 is 5.97 Å². The minimum Gasteiger partial charge on any atom is -0.478 e. The molecule has 0 atom stereocenters. The van der Waals surface area contributed by atoms with Crippen molar-refractivity contribution in [2.24, 2.45) is 0 Å². The molecule has 0 aromatic heterocycles. The lowest BCUT2D eigenvalue weighted by atomic mass is 10.1. The van der Waals surface area contributed by atoms with Gasteiger partial charge in [0.1, 0.15) is 0 Å². The number of rotatable bonds is 4. The Bertz CT molecular complexity index is 242. The summed E-state index contributed by atoms with van der Waals surface area (Å²) >= 11 is 0. The van der Waals surface area contributed by atoms with Gasteiger partial charge in [0.2, 0.25) is 0 Å². The summed E-state index contributed by atoms with van der Waals surface area (Å²) in [4.78, 5) is 10.1. The Morgan fingerprint density at radius 2 is 2.14 bits per heavy atom. The highest BCUT2D eigenvalue weighted by atomic mass is 32.2. The maximum Gasteiger partial charge on any atom is 0.328 e. The van der Waals surface area contributed by atoms with Crippen molar-refractivity contribution in [2.45, 2.75) is 18.9 Å². The Morgan fingerprint density at radius 1 is 1.50 bits per heavy atom. The summed E-state index contributed by atoms with van der Waals surface area (Å²) in [6, 6.07) is 0.395. The molecule has 0 bridgehead atoms. The number of hydrogen-bond acceptors (Lipinski definition) is 3. The van der Waals surface area contributed by atoms with E-state index in [2.05, 4.69) is 5.32 Å². The Kier molecular flexibility index (Phi) is 4.82. The Hall–Kier alpha value is -0.680. The molecule has 1 aliphatic heterocycles. The van der Waals surface area contributed by atoms with Crippen LogP contribution in [0.15, 0.2) is 12.2 Å². The third kappa shape index (κ3) is 4.53. The van der Waals surface area contributed by atoms with Crippen molar-refractivity contribution >= 4 is 16.8 Å². The van der Waals surface area contributed by atoms with Gasteiger partial charge in [0.05, 0.1) is 0 Å². The van der Waals surface area contributed by atoms with E-state index in [-0.39, 0.29) is 0 Å². The molecule has 0 saturated carbocycles. The molecule has 1 aliphatic rings. The van der Waals surface area contributed by atoms with Crippen LogP contribution in [0.4, 0.5) is 0 Å². The van der Waals surface area contributed by atoms with Crippen LogP contribution >= 0.6 is 0 Å². The lowest BCUT2D eigenvalue weighted by Gasteiger charge is -2.21. The van der Waals surface area contributed by atoms with Crippen LogP contribution in [0.3, 0.4) is 0 Å². The third-order valence-corrected chi connectivity index (χ3v) is 3.55. The largest absolute Gasteiger partial charge is 0.478 e. The van der Waals surface area contributed by atoms with Gasteiger partial charge in [-0.15, -0.1) is 0 Å². The van der Waals surface area contributed by atoms with Gasteiger partial charge in [-0.3, -0.25) is 4.21 Å². The van der Waals surface area contributed by atoms with E-state index < -0.39 is 16.8 Å². The molecule has 5 heteroatoms. The maximum absolute atomic E-state index is 11.0. The first-order valence-corrected chi connectivity index (χ1v) is 6.15. The van der Waals surface area contributed by atoms with Gasteiger partial charge in [-0.2, -0.15) is 0 Å². The highest BCUT2D eigenvalue weighted by molar-refractivity contribution is 7.85. The molecule has 1 rings (SSSR count). The molecule has 0 aromatic rings. The van der Waals surface area contributed by atoms with Gasteiger partial charge in [0, 0.05) is 41.0 Å². The van der Waals surface area contributed by atoms with Gasteiger partial charge in [-0.05, 0) is 12.8 Å². The fourth-order valence-electron chi connectivity index (χ4n) is 1.39. The molecule has 0 radical (unpaired) electrons. The second-order valence-corrected chi connectivity index (χ2v) is 4.97. The second-order valence-electron chi connectivity index (χ2n) is 3.27. The van der Waals surface area contributed by atoms with Crippen molar-refractivity contribution in [3.8, 4) is 0 Å². The van der Waals surface area contributed by atoms with E-state index in [9.17, 15) is 9.00 Å². The van der Waals surface area contributed by atoms with Crippen LogP contribution in [0.2, 0.25) is 0 Å². The molecule has 2 N–H and O–H groups in total. The van der Waals surface area contributed by atoms with E-state index in [0.717, 1.165) is 30.4 Å². The summed E-state index contributed by atoms with van der Waals surface area (Å²) in [6.07, 6.45) is 4.57. The van der Waals surface area contributed by atoms with E-state index in [1.54, 1.807) is 6.08 Å². The number of nitrogens with one attached hydrogen (secondary N) is 1. The first kappa shape index (κ1) is 11.4. The number of carboxylic acid groups (broad SMARTS) is 1. The molecule has 1 fully saturated rings. The van der Waals surface area contributed by atoms with Crippen molar-refractivity contribution < 1.29 is 14.1 Å². The molecule has 0 unspecified atom stereocenters. The molecule has 4 nitrogen and oxygen atoms in total. The van der Waals surface area contributed by atoms with Crippen LogP contribution < -0.4 is 5.32 Å². The fraction of sp³-hybridized carbons (Fsp3) is 0.667. The van der Waals surface area contributed by atoms with E-state index in [0.29, 0.717) is 12.6 Å². The zero-order valence-corrected chi connectivity index (χ0v) is 8.76. The SMILES string of the molecule is O=C(O)/C=C/CNC1CCS(=O)CC1. The van der Waals surface area contributed by atoms with Crippen molar-refractivity contribution in [3.63, 3.8) is 0 Å². The highest BCUT2D eigenvalue weighted by Gasteiger charge is 2.16. The van der Waals surface area contributed by atoms with Gasteiger partial charge in [0.15, 0.2) is 0 Å². The predicted octanol–water partition coefficient (Wildman–Crippen LogP) is 0.128. The monoisotopic (exact) mass is 217 g/mol.